The molecule has 1 amide bonds. The van der Waals surface area contributed by atoms with Crippen LogP contribution in [0.4, 0.5) is 0 Å². The van der Waals surface area contributed by atoms with Gasteiger partial charge in [-0.1, -0.05) is 18.6 Å². The molecule has 1 aromatic heterocycles. The van der Waals surface area contributed by atoms with E-state index in [0.29, 0.717) is 19.0 Å². The van der Waals surface area contributed by atoms with Crippen molar-refractivity contribution >= 4 is 16.9 Å². The smallest absolute Gasteiger partial charge is 0.328 e. The van der Waals surface area contributed by atoms with Crippen LogP contribution in [0.2, 0.25) is 0 Å². The van der Waals surface area contributed by atoms with E-state index < -0.39 is 0 Å². The standard InChI is InChI=1S/C19H26N4O2/c1-21-16-7-2-3-8-17(16)23(19(21)25)13-10-18(24)20-14-9-12-22-11-5-4-6-15(14)22/h2-3,7-8,14-15H,4-6,9-13H2,1H3,(H,20,24). The first kappa shape index (κ1) is 16.4. The number of aromatic nitrogens is 2. The summed E-state index contributed by atoms with van der Waals surface area (Å²) >= 11 is 0. The van der Waals surface area contributed by atoms with Crippen LogP contribution in [0.3, 0.4) is 0 Å². The summed E-state index contributed by atoms with van der Waals surface area (Å²) in [6.45, 7) is 2.69. The van der Waals surface area contributed by atoms with Gasteiger partial charge in [0.25, 0.3) is 0 Å². The van der Waals surface area contributed by atoms with Crippen molar-refractivity contribution < 1.29 is 4.79 Å². The molecule has 2 unspecified atom stereocenters. The lowest BCUT2D eigenvalue weighted by Gasteiger charge is -2.32. The highest BCUT2D eigenvalue weighted by Gasteiger charge is 2.36. The first-order chi connectivity index (χ1) is 12.1. The summed E-state index contributed by atoms with van der Waals surface area (Å²) in [6, 6.07) is 8.51. The Hall–Kier alpha value is -2.08. The molecule has 25 heavy (non-hydrogen) atoms. The Bertz CT molecular complexity index is 838. The first-order valence-corrected chi connectivity index (χ1v) is 9.33. The van der Waals surface area contributed by atoms with Gasteiger partial charge in [0, 0.05) is 38.6 Å². The van der Waals surface area contributed by atoms with Crippen molar-refractivity contribution in [3.63, 3.8) is 0 Å². The van der Waals surface area contributed by atoms with Crippen LogP contribution in [0.15, 0.2) is 29.1 Å². The molecule has 0 aliphatic carbocycles. The fourth-order valence-electron chi connectivity index (χ4n) is 4.49. The number of benzene rings is 1. The minimum absolute atomic E-state index is 0.0530. The lowest BCUT2D eigenvalue weighted by molar-refractivity contribution is -0.122. The molecule has 2 aliphatic rings. The molecule has 2 aliphatic heterocycles. The summed E-state index contributed by atoms with van der Waals surface area (Å²) in [5.74, 6) is 0.0530. The zero-order chi connectivity index (χ0) is 17.4. The number of hydrogen-bond donors (Lipinski definition) is 1. The molecule has 0 radical (unpaired) electrons. The highest BCUT2D eigenvalue weighted by molar-refractivity contribution is 5.78. The van der Waals surface area contributed by atoms with Gasteiger partial charge in [0.05, 0.1) is 11.0 Å². The molecule has 2 aromatic rings. The molecule has 6 nitrogen and oxygen atoms in total. The Morgan fingerprint density at radius 3 is 2.80 bits per heavy atom. The molecule has 2 saturated heterocycles. The minimum Gasteiger partial charge on any atom is -0.352 e. The first-order valence-electron chi connectivity index (χ1n) is 9.33. The number of nitrogens with zero attached hydrogens (tertiary/aromatic N) is 3. The van der Waals surface area contributed by atoms with Gasteiger partial charge in [-0.15, -0.1) is 0 Å². The van der Waals surface area contributed by atoms with Gasteiger partial charge < -0.3 is 5.32 Å². The van der Waals surface area contributed by atoms with Crippen molar-refractivity contribution in [2.45, 2.75) is 50.7 Å². The third kappa shape index (κ3) is 2.99. The van der Waals surface area contributed by atoms with Gasteiger partial charge in [-0.2, -0.15) is 0 Å². The second kappa shape index (κ2) is 6.67. The lowest BCUT2D eigenvalue weighted by Crippen LogP contribution is -2.47. The highest BCUT2D eigenvalue weighted by Crippen LogP contribution is 2.27. The third-order valence-corrected chi connectivity index (χ3v) is 5.82. The Kier molecular flexibility index (Phi) is 4.37. The van der Waals surface area contributed by atoms with Gasteiger partial charge in [0.1, 0.15) is 0 Å². The third-order valence-electron chi connectivity index (χ3n) is 5.82. The normalized spacial score (nSPS) is 23.7. The zero-order valence-electron chi connectivity index (χ0n) is 14.8. The fraction of sp³-hybridized carbons (Fsp3) is 0.579. The molecule has 134 valence electrons. The number of carbonyl (C=O) groups is 1. The van der Waals surface area contributed by atoms with Gasteiger partial charge >= 0.3 is 5.69 Å². The maximum Gasteiger partial charge on any atom is 0.328 e. The Morgan fingerprint density at radius 2 is 1.96 bits per heavy atom. The predicted octanol–water partition coefficient (Wildman–Crippen LogP) is 1.47. The maximum absolute atomic E-state index is 12.4. The molecule has 2 atom stereocenters. The van der Waals surface area contributed by atoms with Crippen LogP contribution in [0.25, 0.3) is 11.0 Å². The number of fused-ring (bicyclic) bond motifs is 2. The molecule has 0 spiro atoms. The molecule has 0 saturated carbocycles. The number of aryl methyl sites for hydroxylation is 2. The van der Waals surface area contributed by atoms with E-state index in [4.69, 9.17) is 0 Å². The molecule has 4 rings (SSSR count). The Balaban J connectivity index is 1.41. The summed E-state index contributed by atoms with van der Waals surface area (Å²) < 4.78 is 3.35. The molecular weight excluding hydrogens is 316 g/mol. The predicted molar refractivity (Wildman–Crippen MR) is 97.6 cm³/mol. The van der Waals surface area contributed by atoms with E-state index in [9.17, 15) is 9.59 Å². The van der Waals surface area contributed by atoms with Crippen molar-refractivity contribution in [1.82, 2.24) is 19.4 Å². The average molecular weight is 342 g/mol. The molecule has 6 heteroatoms. The van der Waals surface area contributed by atoms with Gasteiger partial charge in [0.2, 0.25) is 5.91 Å². The van der Waals surface area contributed by atoms with E-state index in [-0.39, 0.29) is 17.6 Å². The van der Waals surface area contributed by atoms with E-state index in [1.807, 2.05) is 24.3 Å². The number of rotatable bonds is 4. The number of piperidine rings is 1. The average Bonchev–Trinajstić information content (AvgIpc) is 3.14. The van der Waals surface area contributed by atoms with Crippen LogP contribution in [-0.2, 0) is 18.4 Å². The minimum atomic E-state index is -0.0617. The number of nitrogens with one attached hydrogen (secondary N) is 1. The van der Waals surface area contributed by atoms with E-state index in [1.165, 1.54) is 25.8 Å². The molecule has 1 aromatic carbocycles. The van der Waals surface area contributed by atoms with Crippen molar-refractivity contribution in [1.29, 1.82) is 0 Å². The second-order valence-corrected chi connectivity index (χ2v) is 7.29. The van der Waals surface area contributed by atoms with E-state index in [2.05, 4.69) is 10.2 Å². The lowest BCUT2D eigenvalue weighted by atomic mass is 9.99. The summed E-state index contributed by atoms with van der Waals surface area (Å²) in [4.78, 5) is 27.4. The molecule has 1 N–H and O–H groups in total. The highest BCUT2D eigenvalue weighted by atomic mass is 16.2. The van der Waals surface area contributed by atoms with Crippen LogP contribution in [0, 0.1) is 0 Å². The van der Waals surface area contributed by atoms with Crippen LogP contribution in [0.1, 0.15) is 32.1 Å². The summed E-state index contributed by atoms with van der Waals surface area (Å²) in [5.41, 5.74) is 1.73. The number of para-hydroxylation sites is 2. The van der Waals surface area contributed by atoms with Gasteiger partial charge in [-0.05, 0) is 37.9 Å². The molecular formula is C19H26N4O2. The fourth-order valence-corrected chi connectivity index (χ4v) is 4.49. The van der Waals surface area contributed by atoms with E-state index in [0.717, 1.165) is 24.0 Å². The second-order valence-electron chi connectivity index (χ2n) is 7.29. The van der Waals surface area contributed by atoms with Crippen LogP contribution < -0.4 is 11.0 Å². The van der Waals surface area contributed by atoms with Gasteiger partial charge in [0.15, 0.2) is 0 Å². The van der Waals surface area contributed by atoms with Gasteiger partial charge in [-0.25, -0.2) is 4.79 Å². The van der Waals surface area contributed by atoms with Crippen molar-refractivity contribution in [2.75, 3.05) is 13.1 Å². The number of imidazole rings is 1. The number of carbonyl (C=O) groups excluding carboxylic acids is 1. The number of hydrogen-bond acceptors (Lipinski definition) is 3. The monoisotopic (exact) mass is 342 g/mol. The van der Waals surface area contributed by atoms with Crippen molar-refractivity contribution in [3.8, 4) is 0 Å². The van der Waals surface area contributed by atoms with E-state index in [1.54, 1.807) is 16.2 Å². The Labute approximate surface area is 147 Å². The van der Waals surface area contributed by atoms with Crippen molar-refractivity contribution in [3.05, 3.63) is 34.7 Å². The topological polar surface area (TPSA) is 59.3 Å². The SMILES string of the molecule is Cn1c(=O)n(CCC(=O)NC2CCN3CCCCC23)c2ccccc21. The van der Waals surface area contributed by atoms with E-state index >= 15 is 0 Å². The molecule has 3 heterocycles. The van der Waals surface area contributed by atoms with Crippen LogP contribution in [0.5, 0.6) is 0 Å². The summed E-state index contributed by atoms with van der Waals surface area (Å²) in [5, 5.41) is 3.22. The molecule has 2 fully saturated rings. The summed E-state index contributed by atoms with van der Waals surface area (Å²) in [6.07, 6.45) is 5.12. The van der Waals surface area contributed by atoms with Gasteiger partial charge in [-0.3, -0.25) is 18.8 Å². The summed E-state index contributed by atoms with van der Waals surface area (Å²) in [7, 11) is 1.78. The number of amides is 1. The van der Waals surface area contributed by atoms with Crippen molar-refractivity contribution in [2.24, 2.45) is 7.05 Å². The quantitative estimate of drug-likeness (QED) is 0.915. The molecule has 0 bridgehead atoms. The van der Waals surface area contributed by atoms with Crippen LogP contribution in [-0.4, -0.2) is 45.1 Å². The zero-order valence-corrected chi connectivity index (χ0v) is 14.8. The largest absolute Gasteiger partial charge is 0.352 e. The maximum atomic E-state index is 12.4. The Morgan fingerprint density at radius 1 is 1.16 bits per heavy atom. The van der Waals surface area contributed by atoms with Crippen LogP contribution >= 0.6 is 0 Å².